The topological polar surface area (TPSA) is 58.7 Å². The standard InChI is InChI=1S/C15H23BrN2O2/c1-11(17)14-3-2-12(10-15(14)16)18-6-4-13(5-7-18)20-9-8-19/h2-3,10-11,13,19H,4-9,17H2,1H3/t11-/m1/s1. The molecule has 2 rings (SSSR count). The Morgan fingerprint density at radius 3 is 2.70 bits per heavy atom. The Balaban J connectivity index is 1.95. The third kappa shape index (κ3) is 3.95. The molecule has 0 amide bonds. The number of anilines is 1. The molecule has 1 aliphatic rings. The zero-order chi connectivity index (χ0) is 14.5. The summed E-state index contributed by atoms with van der Waals surface area (Å²) in [5.41, 5.74) is 8.29. The molecule has 1 aliphatic heterocycles. The molecule has 0 unspecified atom stereocenters. The van der Waals surface area contributed by atoms with E-state index in [-0.39, 0.29) is 18.8 Å². The van der Waals surface area contributed by atoms with E-state index in [2.05, 4.69) is 39.0 Å². The van der Waals surface area contributed by atoms with Crippen LogP contribution in [0.2, 0.25) is 0 Å². The number of piperidine rings is 1. The van der Waals surface area contributed by atoms with E-state index in [1.54, 1.807) is 0 Å². The molecule has 1 aromatic rings. The van der Waals surface area contributed by atoms with Gasteiger partial charge in [-0.1, -0.05) is 22.0 Å². The number of aliphatic hydroxyl groups is 1. The quantitative estimate of drug-likeness (QED) is 0.862. The van der Waals surface area contributed by atoms with Gasteiger partial charge in [0.05, 0.1) is 19.3 Å². The first-order valence-electron chi connectivity index (χ1n) is 7.14. The minimum Gasteiger partial charge on any atom is -0.394 e. The van der Waals surface area contributed by atoms with Gasteiger partial charge in [-0.2, -0.15) is 0 Å². The maximum Gasteiger partial charge on any atom is 0.0701 e. The average Bonchev–Trinajstić information content (AvgIpc) is 2.45. The van der Waals surface area contributed by atoms with E-state index in [4.69, 9.17) is 15.6 Å². The third-order valence-corrected chi connectivity index (χ3v) is 4.41. The van der Waals surface area contributed by atoms with E-state index in [0.717, 1.165) is 36.0 Å². The maximum absolute atomic E-state index is 8.78. The molecule has 0 aliphatic carbocycles. The highest BCUT2D eigenvalue weighted by molar-refractivity contribution is 9.10. The Hall–Kier alpha value is -0.620. The number of aliphatic hydroxyl groups excluding tert-OH is 1. The Kier molecular flexibility index (Phi) is 5.84. The molecule has 1 heterocycles. The lowest BCUT2D eigenvalue weighted by Gasteiger charge is -2.33. The van der Waals surface area contributed by atoms with E-state index >= 15 is 0 Å². The molecule has 20 heavy (non-hydrogen) atoms. The molecule has 1 aromatic carbocycles. The summed E-state index contributed by atoms with van der Waals surface area (Å²) >= 11 is 3.60. The van der Waals surface area contributed by atoms with Crippen LogP contribution in [0.3, 0.4) is 0 Å². The Morgan fingerprint density at radius 1 is 1.45 bits per heavy atom. The smallest absolute Gasteiger partial charge is 0.0701 e. The summed E-state index contributed by atoms with van der Waals surface area (Å²) in [6.07, 6.45) is 2.30. The van der Waals surface area contributed by atoms with E-state index in [9.17, 15) is 0 Å². The molecule has 3 N–H and O–H groups in total. The molecule has 1 saturated heterocycles. The predicted octanol–water partition coefficient (Wildman–Crippen LogP) is 2.45. The van der Waals surface area contributed by atoms with E-state index in [0.29, 0.717) is 6.61 Å². The van der Waals surface area contributed by atoms with Crippen LogP contribution >= 0.6 is 15.9 Å². The second-order valence-corrected chi connectivity index (χ2v) is 6.13. The van der Waals surface area contributed by atoms with Crippen LogP contribution in [0.4, 0.5) is 5.69 Å². The summed E-state index contributed by atoms with van der Waals surface area (Å²) in [5, 5.41) is 8.78. The van der Waals surface area contributed by atoms with Crippen LogP contribution in [0.1, 0.15) is 31.4 Å². The number of nitrogens with two attached hydrogens (primary N) is 1. The van der Waals surface area contributed by atoms with Crippen LogP contribution in [-0.4, -0.2) is 37.5 Å². The average molecular weight is 343 g/mol. The van der Waals surface area contributed by atoms with Gasteiger partial charge in [-0.05, 0) is 37.5 Å². The molecule has 0 aromatic heterocycles. The Bertz CT molecular complexity index is 432. The number of hydrogen-bond donors (Lipinski definition) is 2. The first-order valence-corrected chi connectivity index (χ1v) is 7.93. The summed E-state index contributed by atoms with van der Waals surface area (Å²) in [6.45, 7) is 4.51. The Morgan fingerprint density at radius 2 is 2.15 bits per heavy atom. The number of rotatable bonds is 5. The SMILES string of the molecule is C[C@@H](N)c1ccc(N2CCC(OCCO)CC2)cc1Br. The highest BCUT2D eigenvalue weighted by Gasteiger charge is 2.20. The normalized spacial score (nSPS) is 18.3. The number of hydrogen-bond acceptors (Lipinski definition) is 4. The van der Waals surface area contributed by atoms with Gasteiger partial charge in [0.1, 0.15) is 0 Å². The van der Waals surface area contributed by atoms with Crippen LogP contribution < -0.4 is 10.6 Å². The fourth-order valence-electron chi connectivity index (χ4n) is 2.58. The molecule has 0 radical (unpaired) electrons. The van der Waals surface area contributed by atoms with Gasteiger partial charge in [0.2, 0.25) is 0 Å². The van der Waals surface area contributed by atoms with Crippen molar-refractivity contribution in [2.45, 2.75) is 31.9 Å². The molecule has 0 bridgehead atoms. The predicted molar refractivity (Wildman–Crippen MR) is 85.0 cm³/mol. The molecular formula is C15H23BrN2O2. The molecule has 112 valence electrons. The van der Waals surface area contributed by atoms with Crippen molar-refractivity contribution in [2.75, 3.05) is 31.2 Å². The van der Waals surface area contributed by atoms with E-state index in [1.807, 2.05) is 6.92 Å². The third-order valence-electron chi connectivity index (χ3n) is 3.73. The van der Waals surface area contributed by atoms with Crippen molar-refractivity contribution < 1.29 is 9.84 Å². The van der Waals surface area contributed by atoms with Crippen molar-refractivity contribution in [3.8, 4) is 0 Å². The molecule has 1 atom stereocenters. The largest absolute Gasteiger partial charge is 0.394 e. The van der Waals surface area contributed by atoms with Crippen molar-refractivity contribution in [1.82, 2.24) is 0 Å². The van der Waals surface area contributed by atoms with Crippen LogP contribution in [0.5, 0.6) is 0 Å². The molecule has 0 spiro atoms. The van der Waals surface area contributed by atoms with Crippen LogP contribution in [0.25, 0.3) is 0 Å². The van der Waals surface area contributed by atoms with Crippen LogP contribution in [0.15, 0.2) is 22.7 Å². The maximum atomic E-state index is 8.78. The molecule has 1 fully saturated rings. The second kappa shape index (κ2) is 7.41. The highest BCUT2D eigenvalue weighted by Crippen LogP contribution is 2.29. The number of nitrogens with zero attached hydrogens (tertiary/aromatic N) is 1. The van der Waals surface area contributed by atoms with Crippen molar-refractivity contribution in [3.63, 3.8) is 0 Å². The minimum atomic E-state index is 0.0380. The fourth-order valence-corrected chi connectivity index (χ4v) is 3.31. The van der Waals surface area contributed by atoms with E-state index in [1.165, 1.54) is 5.69 Å². The van der Waals surface area contributed by atoms with Gasteiger partial charge in [0, 0.05) is 29.3 Å². The van der Waals surface area contributed by atoms with Gasteiger partial charge in [-0.15, -0.1) is 0 Å². The molecule has 4 nitrogen and oxygen atoms in total. The summed E-state index contributed by atoms with van der Waals surface area (Å²) in [4.78, 5) is 2.37. The Labute approximate surface area is 129 Å². The van der Waals surface area contributed by atoms with Gasteiger partial charge in [0.25, 0.3) is 0 Å². The fraction of sp³-hybridized carbons (Fsp3) is 0.600. The zero-order valence-corrected chi connectivity index (χ0v) is 13.5. The van der Waals surface area contributed by atoms with Crippen LogP contribution in [0, 0.1) is 0 Å². The van der Waals surface area contributed by atoms with Gasteiger partial charge in [0.15, 0.2) is 0 Å². The summed E-state index contributed by atoms with van der Waals surface area (Å²) < 4.78 is 6.66. The van der Waals surface area contributed by atoms with Crippen molar-refractivity contribution in [1.29, 1.82) is 0 Å². The summed E-state index contributed by atoms with van der Waals surface area (Å²) in [6, 6.07) is 6.42. The first-order chi connectivity index (χ1) is 9.61. The lowest BCUT2D eigenvalue weighted by Crippen LogP contribution is -2.37. The first kappa shape index (κ1) is 15.8. The van der Waals surface area contributed by atoms with Gasteiger partial charge in [-0.3, -0.25) is 0 Å². The number of benzene rings is 1. The summed E-state index contributed by atoms with van der Waals surface area (Å²) in [7, 11) is 0. The molecule has 0 saturated carbocycles. The molecular weight excluding hydrogens is 320 g/mol. The lowest BCUT2D eigenvalue weighted by molar-refractivity contribution is 0.0159. The lowest BCUT2D eigenvalue weighted by atomic mass is 10.1. The monoisotopic (exact) mass is 342 g/mol. The number of ether oxygens (including phenoxy) is 1. The zero-order valence-electron chi connectivity index (χ0n) is 11.9. The number of halogens is 1. The van der Waals surface area contributed by atoms with Gasteiger partial charge < -0.3 is 20.5 Å². The van der Waals surface area contributed by atoms with E-state index < -0.39 is 0 Å². The highest BCUT2D eigenvalue weighted by atomic mass is 79.9. The van der Waals surface area contributed by atoms with Crippen molar-refractivity contribution in [3.05, 3.63) is 28.2 Å². The molecule has 5 heteroatoms. The van der Waals surface area contributed by atoms with Crippen molar-refractivity contribution >= 4 is 21.6 Å². The van der Waals surface area contributed by atoms with Crippen LogP contribution in [-0.2, 0) is 4.74 Å². The minimum absolute atomic E-state index is 0.0380. The second-order valence-electron chi connectivity index (χ2n) is 5.28. The van der Waals surface area contributed by atoms with Crippen molar-refractivity contribution in [2.24, 2.45) is 5.73 Å². The van der Waals surface area contributed by atoms with Gasteiger partial charge >= 0.3 is 0 Å². The van der Waals surface area contributed by atoms with Gasteiger partial charge in [-0.25, -0.2) is 0 Å². The summed E-state index contributed by atoms with van der Waals surface area (Å²) in [5.74, 6) is 0.